The summed E-state index contributed by atoms with van der Waals surface area (Å²) in [6.07, 6.45) is 8.96. The number of piperidine rings is 1. The predicted molar refractivity (Wildman–Crippen MR) is 78.1 cm³/mol. The van der Waals surface area contributed by atoms with Crippen LogP contribution in [0.25, 0.3) is 0 Å². The highest BCUT2D eigenvalue weighted by Crippen LogP contribution is 2.36. The molecular weight excluding hydrogens is 290 g/mol. The number of aromatic nitrogens is 2. The molecule has 0 spiro atoms. The number of hydrogen-bond acceptors (Lipinski definition) is 4. The second-order valence-corrected chi connectivity index (χ2v) is 7.97. The van der Waals surface area contributed by atoms with E-state index in [1.54, 1.807) is 4.31 Å². The minimum Gasteiger partial charge on any atom is -0.393 e. The average molecular weight is 313 g/mol. The Morgan fingerprint density at radius 1 is 1.19 bits per heavy atom. The van der Waals surface area contributed by atoms with Crippen LogP contribution in [0.5, 0.6) is 0 Å². The van der Waals surface area contributed by atoms with Crippen molar-refractivity contribution in [2.24, 2.45) is 5.92 Å². The number of sulfonamides is 1. The first-order valence-electron chi connectivity index (χ1n) is 7.79. The van der Waals surface area contributed by atoms with Crippen molar-refractivity contribution in [1.82, 2.24) is 14.3 Å². The molecule has 1 aliphatic carbocycles. The van der Waals surface area contributed by atoms with E-state index in [9.17, 15) is 13.5 Å². The summed E-state index contributed by atoms with van der Waals surface area (Å²) < 4.78 is 27.2. The molecular formula is C14H23N3O3S. The van der Waals surface area contributed by atoms with Gasteiger partial charge in [0.2, 0.25) is 0 Å². The van der Waals surface area contributed by atoms with E-state index in [1.807, 2.05) is 0 Å². The Morgan fingerprint density at radius 3 is 2.67 bits per heavy atom. The lowest BCUT2D eigenvalue weighted by molar-refractivity contribution is 0.0203. The average Bonchev–Trinajstić information content (AvgIpc) is 3.03. The molecule has 118 valence electrons. The first-order chi connectivity index (χ1) is 10.1. The highest BCUT2D eigenvalue weighted by molar-refractivity contribution is 7.89. The van der Waals surface area contributed by atoms with Gasteiger partial charge in [0.05, 0.1) is 18.6 Å². The maximum absolute atomic E-state index is 12.8. The number of nitrogens with one attached hydrogen (secondary N) is 1. The number of nitrogens with zero attached hydrogens (tertiary/aromatic N) is 2. The molecule has 2 fully saturated rings. The van der Waals surface area contributed by atoms with E-state index in [1.165, 1.54) is 12.5 Å². The summed E-state index contributed by atoms with van der Waals surface area (Å²) >= 11 is 0. The summed E-state index contributed by atoms with van der Waals surface area (Å²) in [5.41, 5.74) is 0. The molecule has 6 nitrogen and oxygen atoms in total. The summed E-state index contributed by atoms with van der Waals surface area (Å²) in [4.78, 5) is 6.53. The molecule has 2 N–H and O–H groups in total. The molecule has 1 aliphatic heterocycles. The van der Waals surface area contributed by atoms with Crippen LogP contribution in [-0.4, -0.2) is 46.5 Å². The molecule has 2 aliphatic rings. The van der Waals surface area contributed by atoms with Gasteiger partial charge in [-0.05, 0) is 25.7 Å². The molecule has 1 saturated heterocycles. The molecule has 0 bridgehead atoms. The molecule has 7 heteroatoms. The van der Waals surface area contributed by atoms with Gasteiger partial charge in [0.15, 0.2) is 5.03 Å². The van der Waals surface area contributed by atoms with Gasteiger partial charge in [-0.2, -0.15) is 4.31 Å². The third-order valence-corrected chi connectivity index (χ3v) is 6.68. The molecule has 1 aromatic heterocycles. The van der Waals surface area contributed by atoms with Crippen LogP contribution in [0.2, 0.25) is 0 Å². The van der Waals surface area contributed by atoms with E-state index in [2.05, 4.69) is 9.97 Å². The number of imidazole rings is 1. The van der Waals surface area contributed by atoms with Gasteiger partial charge in [0.1, 0.15) is 0 Å². The quantitative estimate of drug-likeness (QED) is 0.885. The normalized spacial score (nSPS) is 32.1. The van der Waals surface area contributed by atoms with Crippen LogP contribution in [0.3, 0.4) is 0 Å². The fraction of sp³-hybridized carbons (Fsp3) is 0.786. The maximum Gasteiger partial charge on any atom is 0.260 e. The fourth-order valence-electron chi connectivity index (χ4n) is 3.76. The molecule has 0 aromatic carbocycles. The summed E-state index contributed by atoms with van der Waals surface area (Å²) in [5, 5.41) is 10.4. The lowest BCUT2D eigenvalue weighted by Crippen LogP contribution is -2.51. The van der Waals surface area contributed by atoms with Gasteiger partial charge in [-0.1, -0.05) is 19.3 Å². The highest BCUT2D eigenvalue weighted by Gasteiger charge is 2.41. The van der Waals surface area contributed by atoms with E-state index in [-0.39, 0.29) is 23.1 Å². The number of aliphatic hydroxyl groups excluding tert-OH is 1. The Labute approximate surface area is 125 Å². The molecule has 21 heavy (non-hydrogen) atoms. The molecule has 2 heterocycles. The van der Waals surface area contributed by atoms with Crippen LogP contribution in [0.15, 0.2) is 17.6 Å². The van der Waals surface area contributed by atoms with Crippen molar-refractivity contribution in [2.75, 3.05) is 6.54 Å². The zero-order chi connectivity index (χ0) is 14.9. The lowest BCUT2D eigenvalue weighted by atomic mass is 9.79. The second-order valence-electron chi connectivity index (χ2n) is 6.11. The van der Waals surface area contributed by atoms with Crippen LogP contribution in [0.4, 0.5) is 0 Å². The summed E-state index contributed by atoms with van der Waals surface area (Å²) in [7, 11) is -3.54. The predicted octanol–water partition coefficient (Wildman–Crippen LogP) is 1.50. The number of rotatable bonds is 3. The van der Waals surface area contributed by atoms with Crippen molar-refractivity contribution in [3.05, 3.63) is 12.5 Å². The second kappa shape index (κ2) is 6.06. The van der Waals surface area contributed by atoms with Crippen LogP contribution in [0, 0.1) is 5.92 Å². The van der Waals surface area contributed by atoms with Crippen molar-refractivity contribution >= 4 is 10.0 Å². The first kappa shape index (κ1) is 15.0. The van der Waals surface area contributed by atoms with Crippen molar-refractivity contribution in [1.29, 1.82) is 0 Å². The number of aliphatic hydroxyl groups is 1. The van der Waals surface area contributed by atoms with Crippen LogP contribution in [0.1, 0.15) is 44.9 Å². The molecule has 1 saturated carbocycles. The first-order valence-corrected chi connectivity index (χ1v) is 9.23. The van der Waals surface area contributed by atoms with Crippen molar-refractivity contribution < 1.29 is 13.5 Å². The number of H-pyrrole nitrogens is 1. The van der Waals surface area contributed by atoms with E-state index < -0.39 is 10.0 Å². The van der Waals surface area contributed by atoms with E-state index in [0.29, 0.717) is 6.54 Å². The summed E-state index contributed by atoms with van der Waals surface area (Å²) in [6, 6.07) is -0.0812. The van der Waals surface area contributed by atoms with Gasteiger partial charge < -0.3 is 10.1 Å². The third-order valence-electron chi connectivity index (χ3n) is 4.83. The molecule has 1 aromatic rings. The minimum atomic E-state index is -3.54. The Bertz CT molecular complexity index is 558. The van der Waals surface area contributed by atoms with Gasteiger partial charge in [-0.15, -0.1) is 0 Å². The molecule has 0 radical (unpaired) electrons. The van der Waals surface area contributed by atoms with Gasteiger partial charge in [0, 0.05) is 18.5 Å². The zero-order valence-corrected chi connectivity index (χ0v) is 12.9. The number of hydrogen-bond donors (Lipinski definition) is 2. The van der Waals surface area contributed by atoms with Gasteiger partial charge in [-0.3, -0.25) is 0 Å². The van der Waals surface area contributed by atoms with Crippen LogP contribution in [-0.2, 0) is 10.0 Å². The van der Waals surface area contributed by atoms with Crippen molar-refractivity contribution in [3.8, 4) is 0 Å². The minimum absolute atomic E-state index is 0.0664. The van der Waals surface area contributed by atoms with Crippen LogP contribution >= 0.6 is 0 Å². The Kier molecular flexibility index (Phi) is 4.33. The van der Waals surface area contributed by atoms with Crippen LogP contribution < -0.4 is 0 Å². The monoisotopic (exact) mass is 313 g/mol. The summed E-state index contributed by atoms with van der Waals surface area (Å²) in [5.74, 6) is 0.0664. The van der Waals surface area contributed by atoms with Gasteiger partial charge >= 0.3 is 0 Å². The highest BCUT2D eigenvalue weighted by atomic mass is 32.2. The Morgan fingerprint density at radius 2 is 1.95 bits per heavy atom. The van der Waals surface area contributed by atoms with E-state index >= 15 is 0 Å². The van der Waals surface area contributed by atoms with Gasteiger partial charge in [0.25, 0.3) is 10.0 Å². The lowest BCUT2D eigenvalue weighted by Gasteiger charge is -2.42. The molecule has 3 unspecified atom stereocenters. The Hall–Kier alpha value is -0.920. The van der Waals surface area contributed by atoms with E-state index in [4.69, 9.17) is 0 Å². The zero-order valence-electron chi connectivity index (χ0n) is 12.1. The molecule has 3 atom stereocenters. The van der Waals surface area contributed by atoms with Crippen molar-refractivity contribution in [3.63, 3.8) is 0 Å². The smallest absolute Gasteiger partial charge is 0.260 e. The Balaban J connectivity index is 1.88. The summed E-state index contributed by atoms with van der Waals surface area (Å²) in [6.45, 7) is 0.537. The fourth-order valence-corrected chi connectivity index (χ4v) is 5.39. The maximum atomic E-state index is 12.8. The topological polar surface area (TPSA) is 86.3 Å². The standard InChI is InChI=1S/C14H23N3O3S/c18-13-7-2-1-5-11(13)12-6-3-4-8-17(12)21(19,20)14-9-15-10-16-14/h9-13,18H,1-8H2,(H,15,16). The largest absolute Gasteiger partial charge is 0.393 e. The molecule has 3 rings (SSSR count). The third kappa shape index (κ3) is 2.86. The van der Waals surface area contributed by atoms with E-state index in [0.717, 1.165) is 44.9 Å². The number of aromatic amines is 1. The molecule has 0 amide bonds. The van der Waals surface area contributed by atoms with Gasteiger partial charge in [-0.25, -0.2) is 13.4 Å². The SMILES string of the molecule is O=S(=O)(c1cnc[nH]1)N1CCCCC1C1CCCCC1O. The van der Waals surface area contributed by atoms with Crippen molar-refractivity contribution in [2.45, 2.75) is 62.1 Å².